The minimum absolute atomic E-state index is 0.200. The van der Waals surface area contributed by atoms with Crippen molar-refractivity contribution in [3.8, 4) is 0 Å². The lowest BCUT2D eigenvalue weighted by Gasteiger charge is -2.17. The molecule has 2 aliphatic heterocycles. The monoisotopic (exact) mass is 308 g/mol. The summed E-state index contributed by atoms with van der Waals surface area (Å²) in [5, 5.41) is 15.7. The topological polar surface area (TPSA) is 101 Å². The minimum Gasteiger partial charge on any atom is -0.441 e. The lowest BCUT2D eigenvalue weighted by atomic mass is 10.3. The number of hydrogen-bond donors (Lipinski definition) is 0. The van der Waals surface area contributed by atoms with E-state index >= 15 is 0 Å². The highest BCUT2D eigenvalue weighted by Gasteiger charge is 2.32. The first kappa shape index (κ1) is 14.5. The maximum Gasteiger partial charge on any atom is 0.433 e. The summed E-state index contributed by atoms with van der Waals surface area (Å²) in [7, 11) is 0. The number of carbonyl (C=O) groups excluding carboxylic acids is 1. The van der Waals surface area contributed by atoms with Crippen molar-refractivity contribution in [2.75, 3.05) is 26.2 Å². The van der Waals surface area contributed by atoms with Crippen molar-refractivity contribution in [1.82, 2.24) is 9.91 Å². The van der Waals surface area contributed by atoms with Gasteiger partial charge in [0.25, 0.3) is 0 Å². The summed E-state index contributed by atoms with van der Waals surface area (Å²) in [6, 6.07) is 2.66. The normalized spacial score (nSPS) is 22.6. The quantitative estimate of drug-likeness (QED) is 0.463. The molecule has 3 heterocycles. The SMILES string of the molecule is O=C1O[C@H](CN2CCCC2)CN1/N=C/c1ccc([N+](=O)[O-])o1. The van der Waals surface area contributed by atoms with Crippen LogP contribution >= 0.6 is 0 Å². The van der Waals surface area contributed by atoms with E-state index in [2.05, 4.69) is 10.0 Å². The highest BCUT2D eigenvalue weighted by Crippen LogP contribution is 2.17. The fourth-order valence-corrected chi connectivity index (χ4v) is 2.59. The Morgan fingerprint density at radius 2 is 2.18 bits per heavy atom. The van der Waals surface area contributed by atoms with Gasteiger partial charge in [0, 0.05) is 6.54 Å². The van der Waals surface area contributed by atoms with E-state index < -0.39 is 11.0 Å². The molecule has 2 fully saturated rings. The number of ether oxygens (including phenoxy) is 1. The number of hydrazone groups is 1. The summed E-state index contributed by atoms with van der Waals surface area (Å²) in [6.07, 6.45) is 2.92. The Bertz CT molecular complexity index is 593. The van der Waals surface area contributed by atoms with Crippen molar-refractivity contribution in [3.05, 3.63) is 28.0 Å². The average molecular weight is 308 g/mol. The largest absolute Gasteiger partial charge is 0.441 e. The van der Waals surface area contributed by atoms with Gasteiger partial charge in [-0.15, -0.1) is 0 Å². The minimum atomic E-state index is -0.631. The smallest absolute Gasteiger partial charge is 0.433 e. The van der Waals surface area contributed by atoms with E-state index in [4.69, 9.17) is 9.15 Å². The van der Waals surface area contributed by atoms with E-state index in [9.17, 15) is 14.9 Å². The molecule has 9 heteroatoms. The second-order valence-corrected chi connectivity index (χ2v) is 5.27. The molecule has 0 aromatic carbocycles. The van der Waals surface area contributed by atoms with Crippen LogP contribution in [0.25, 0.3) is 0 Å². The van der Waals surface area contributed by atoms with Crippen molar-refractivity contribution >= 4 is 18.2 Å². The molecule has 1 aromatic rings. The van der Waals surface area contributed by atoms with Crippen molar-refractivity contribution < 1.29 is 18.9 Å². The Hall–Kier alpha value is -2.42. The lowest BCUT2D eigenvalue weighted by molar-refractivity contribution is -0.402. The maximum absolute atomic E-state index is 11.7. The summed E-state index contributed by atoms with van der Waals surface area (Å²) in [6.45, 7) is 3.15. The molecule has 1 aromatic heterocycles. The number of amides is 1. The van der Waals surface area contributed by atoms with Crippen LogP contribution in [-0.2, 0) is 4.74 Å². The molecular formula is C13H16N4O5. The molecule has 9 nitrogen and oxygen atoms in total. The molecule has 3 rings (SSSR count). The Morgan fingerprint density at radius 1 is 1.41 bits per heavy atom. The van der Waals surface area contributed by atoms with Crippen LogP contribution in [0.15, 0.2) is 21.7 Å². The molecule has 0 bridgehead atoms. The molecule has 0 aliphatic carbocycles. The molecule has 0 N–H and O–H groups in total. The Labute approximate surface area is 126 Å². The van der Waals surface area contributed by atoms with Crippen molar-refractivity contribution in [2.24, 2.45) is 5.10 Å². The van der Waals surface area contributed by atoms with Crippen LogP contribution < -0.4 is 0 Å². The van der Waals surface area contributed by atoms with Crippen LogP contribution in [0, 0.1) is 10.1 Å². The summed E-state index contributed by atoms with van der Waals surface area (Å²) in [5.74, 6) is -0.153. The molecule has 2 saturated heterocycles. The zero-order chi connectivity index (χ0) is 15.5. The molecule has 0 saturated carbocycles. The zero-order valence-corrected chi connectivity index (χ0v) is 11.9. The molecule has 0 spiro atoms. The first-order valence-corrected chi connectivity index (χ1v) is 7.10. The Morgan fingerprint density at radius 3 is 2.86 bits per heavy atom. The van der Waals surface area contributed by atoms with E-state index in [1.54, 1.807) is 0 Å². The van der Waals surface area contributed by atoms with Gasteiger partial charge in [-0.05, 0) is 32.0 Å². The van der Waals surface area contributed by atoms with E-state index in [0.29, 0.717) is 13.1 Å². The predicted molar refractivity (Wildman–Crippen MR) is 75.6 cm³/mol. The fraction of sp³-hybridized carbons (Fsp3) is 0.538. The first-order valence-electron chi connectivity index (χ1n) is 7.10. The molecular weight excluding hydrogens is 292 g/mol. The second kappa shape index (κ2) is 6.14. The van der Waals surface area contributed by atoms with Crippen molar-refractivity contribution in [1.29, 1.82) is 0 Å². The third-order valence-electron chi connectivity index (χ3n) is 3.63. The van der Waals surface area contributed by atoms with E-state index in [1.165, 1.54) is 36.2 Å². The highest BCUT2D eigenvalue weighted by molar-refractivity contribution is 5.78. The number of nitrogens with zero attached hydrogens (tertiary/aromatic N) is 4. The number of hydrogen-bond acceptors (Lipinski definition) is 7. The van der Waals surface area contributed by atoms with E-state index in [0.717, 1.165) is 13.1 Å². The highest BCUT2D eigenvalue weighted by atomic mass is 16.6. The standard InChI is InChI=1S/C13H16N4O5/c18-13-16(9-11(22-13)8-15-5-1-2-6-15)14-7-10-3-4-12(21-10)17(19)20/h3-4,7,11H,1-2,5-6,8-9H2/b14-7+/t11-/m1/s1. The van der Waals surface area contributed by atoms with Gasteiger partial charge in [-0.1, -0.05) is 0 Å². The Balaban J connectivity index is 1.56. The van der Waals surface area contributed by atoms with Gasteiger partial charge in [0.1, 0.15) is 11.0 Å². The fourth-order valence-electron chi connectivity index (χ4n) is 2.59. The van der Waals surface area contributed by atoms with Gasteiger partial charge in [0.2, 0.25) is 0 Å². The average Bonchev–Trinajstić information content (AvgIpc) is 3.18. The number of cyclic esters (lactones) is 1. The summed E-state index contributed by atoms with van der Waals surface area (Å²) in [4.78, 5) is 23.9. The van der Waals surface area contributed by atoms with Gasteiger partial charge in [-0.3, -0.25) is 15.0 Å². The van der Waals surface area contributed by atoms with Gasteiger partial charge in [0.15, 0.2) is 5.76 Å². The molecule has 2 aliphatic rings. The van der Waals surface area contributed by atoms with E-state index in [1.807, 2.05) is 0 Å². The zero-order valence-electron chi connectivity index (χ0n) is 11.9. The number of likely N-dealkylation sites (tertiary alicyclic amines) is 1. The summed E-state index contributed by atoms with van der Waals surface area (Å²) < 4.78 is 10.2. The third-order valence-corrected chi connectivity index (χ3v) is 3.63. The predicted octanol–water partition coefficient (Wildman–Crippen LogP) is 1.44. The molecule has 22 heavy (non-hydrogen) atoms. The number of carbonyl (C=O) groups is 1. The summed E-state index contributed by atoms with van der Waals surface area (Å²) >= 11 is 0. The summed E-state index contributed by atoms with van der Waals surface area (Å²) in [5.41, 5.74) is 0. The first-order chi connectivity index (χ1) is 10.6. The number of nitro groups is 1. The van der Waals surface area contributed by atoms with Gasteiger partial charge in [-0.25, -0.2) is 4.79 Å². The van der Waals surface area contributed by atoms with Gasteiger partial charge in [-0.2, -0.15) is 10.1 Å². The second-order valence-electron chi connectivity index (χ2n) is 5.27. The van der Waals surface area contributed by atoms with Gasteiger partial charge in [0.05, 0.1) is 18.8 Å². The maximum atomic E-state index is 11.7. The third kappa shape index (κ3) is 3.25. The van der Waals surface area contributed by atoms with Crippen LogP contribution in [0.3, 0.4) is 0 Å². The van der Waals surface area contributed by atoms with Gasteiger partial charge >= 0.3 is 12.0 Å². The Kier molecular flexibility index (Phi) is 4.05. The van der Waals surface area contributed by atoms with Crippen molar-refractivity contribution in [2.45, 2.75) is 18.9 Å². The molecule has 0 radical (unpaired) electrons. The number of rotatable bonds is 5. The van der Waals surface area contributed by atoms with Crippen molar-refractivity contribution in [3.63, 3.8) is 0 Å². The molecule has 1 amide bonds. The van der Waals surface area contributed by atoms with E-state index in [-0.39, 0.29) is 17.7 Å². The molecule has 1 atom stereocenters. The van der Waals surface area contributed by atoms with Crippen LogP contribution in [0.2, 0.25) is 0 Å². The van der Waals surface area contributed by atoms with Crippen LogP contribution in [0.1, 0.15) is 18.6 Å². The molecule has 118 valence electrons. The lowest BCUT2D eigenvalue weighted by Crippen LogP contribution is -2.32. The molecule has 0 unspecified atom stereocenters. The van der Waals surface area contributed by atoms with Gasteiger partial charge < -0.3 is 9.15 Å². The number of furan rings is 1. The van der Waals surface area contributed by atoms with Crippen LogP contribution in [-0.4, -0.2) is 59.4 Å². The van der Waals surface area contributed by atoms with Crippen LogP contribution in [0.4, 0.5) is 10.7 Å². The van der Waals surface area contributed by atoms with Crippen LogP contribution in [0.5, 0.6) is 0 Å².